The maximum Gasteiger partial charge on any atom is 0.414 e. The zero-order chi connectivity index (χ0) is 22.5. The van der Waals surface area contributed by atoms with Crippen molar-refractivity contribution in [2.24, 2.45) is 0 Å². The maximum atomic E-state index is 12.4. The molecule has 4 rings (SSSR count). The van der Waals surface area contributed by atoms with Crippen molar-refractivity contribution in [3.63, 3.8) is 0 Å². The van der Waals surface area contributed by atoms with E-state index in [1.54, 1.807) is 32.3 Å². The van der Waals surface area contributed by atoms with Crippen molar-refractivity contribution in [3.05, 3.63) is 52.8 Å². The van der Waals surface area contributed by atoms with E-state index >= 15 is 0 Å². The van der Waals surface area contributed by atoms with Gasteiger partial charge in [-0.25, -0.2) is 9.59 Å². The van der Waals surface area contributed by atoms with Crippen LogP contribution in [0.4, 0.5) is 9.59 Å². The second-order valence-corrected chi connectivity index (χ2v) is 8.01. The first-order valence-electron chi connectivity index (χ1n) is 9.58. The Bertz CT molecular complexity index is 1100. The van der Waals surface area contributed by atoms with Crippen LogP contribution in [0.15, 0.2) is 47.3 Å². The molecule has 0 radical (unpaired) electrons. The Labute approximate surface area is 178 Å². The molecule has 1 aromatic carbocycles. The lowest BCUT2D eigenvalue weighted by Gasteiger charge is -2.33. The quantitative estimate of drug-likeness (QED) is 0.772. The molecule has 31 heavy (non-hydrogen) atoms. The van der Waals surface area contributed by atoms with Gasteiger partial charge in [-0.05, 0) is 35.4 Å². The van der Waals surface area contributed by atoms with Gasteiger partial charge in [-0.1, -0.05) is 0 Å². The monoisotopic (exact) mass is 426 g/mol. The van der Waals surface area contributed by atoms with Crippen LogP contribution in [-0.2, 0) is 9.53 Å². The molecule has 1 atom stereocenters. The molecule has 1 unspecified atom stereocenters. The molecule has 1 heterocycles. The van der Waals surface area contributed by atoms with Crippen molar-refractivity contribution in [3.8, 4) is 11.5 Å². The Kier molecular flexibility index (Phi) is 4.85. The summed E-state index contributed by atoms with van der Waals surface area (Å²) in [6.07, 6.45) is 1.87. The van der Waals surface area contributed by atoms with Gasteiger partial charge in [-0.2, -0.15) is 0 Å². The first-order valence-corrected chi connectivity index (χ1v) is 9.58. The third-order valence-electron chi connectivity index (χ3n) is 5.21. The highest BCUT2D eigenvalue weighted by atomic mass is 16.6. The Morgan fingerprint density at radius 3 is 2.42 bits per heavy atom. The first-order chi connectivity index (χ1) is 14.6. The number of benzene rings is 1. The van der Waals surface area contributed by atoms with E-state index in [9.17, 15) is 19.5 Å². The van der Waals surface area contributed by atoms with E-state index in [0.717, 1.165) is 0 Å². The van der Waals surface area contributed by atoms with Crippen LogP contribution in [0.5, 0.6) is 11.5 Å². The average molecular weight is 426 g/mol. The second-order valence-electron chi connectivity index (χ2n) is 8.01. The Hall–Kier alpha value is -3.59. The highest BCUT2D eigenvalue weighted by Crippen LogP contribution is 2.52. The predicted octanol–water partition coefficient (Wildman–Crippen LogP) is 2.12. The number of hydrogen-bond acceptors (Lipinski definition) is 7. The molecule has 0 bridgehead atoms. The van der Waals surface area contributed by atoms with Crippen LogP contribution in [0.3, 0.4) is 0 Å². The molecule has 0 aromatic heterocycles. The summed E-state index contributed by atoms with van der Waals surface area (Å²) in [6, 6.07) is 4.88. The number of amides is 2. The van der Waals surface area contributed by atoms with Crippen LogP contribution in [0.1, 0.15) is 12.0 Å². The fraction of sp³-hybridized carbons (Fsp3) is 0.318. The summed E-state index contributed by atoms with van der Waals surface area (Å²) in [5, 5.41) is 11.2. The number of carbonyl (C=O) groups is 3. The lowest BCUT2D eigenvalue weighted by atomic mass is 9.87. The highest BCUT2D eigenvalue weighted by Gasteiger charge is 2.47. The van der Waals surface area contributed by atoms with Crippen molar-refractivity contribution >= 4 is 23.5 Å². The van der Waals surface area contributed by atoms with Gasteiger partial charge in [-0.3, -0.25) is 4.79 Å². The Morgan fingerprint density at radius 1 is 1.06 bits per heavy atom. The Balaban J connectivity index is 1.76. The number of aliphatic hydroxyl groups is 1. The number of allylic oxidation sites excluding steroid dienone is 3. The molecule has 3 aliphatic rings. The highest BCUT2D eigenvalue weighted by molar-refractivity contribution is 6.08. The van der Waals surface area contributed by atoms with Gasteiger partial charge in [0, 0.05) is 51.8 Å². The zero-order valence-electron chi connectivity index (χ0n) is 17.6. The van der Waals surface area contributed by atoms with Crippen LogP contribution >= 0.6 is 0 Å². The fourth-order valence-electron chi connectivity index (χ4n) is 3.70. The number of carbonyl (C=O) groups excluding carboxylic acids is 3. The number of ether oxygens (including phenoxy) is 3. The maximum absolute atomic E-state index is 12.4. The summed E-state index contributed by atoms with van der Waals surface area (Å²) in [6.45, 7) is -0.0316. The van der Waals surface area contributed by atoms with Crippen LogP contribution in [0.25, 0.3) is 5.57 Å². The molecule has 1 N–H and O–H groups in total. The number of rotatable bonds is 2. The molecular formula is C22H22N2O7. The summed E-state index contributed by atoms with van der Waals surface area (Å²) in [4.78, 5) is 38.7. The summed E-state index contributed by atoms with van der Waals surface area (Å²) in [5.41, 5.74) is 1.13. The molecule has 0 spiro atoms. The normalized spacial score (nSPS) is 21.1. The topological polar surface area (TPSA) is 106 Å². The first kappa shape index (κ1) is 20.7. The molecular weight excluding hydrogens is 404 g/mol. The van der Waals surface area contributed by atoms with Gasteiger partial charge in [0.1, 0.15) is 23.7 Å². The van der Waals surface area contributed by atoms with E-state index in [4.69, 9.17) is 14.2 Å². The molecule has 2 aliphatic carbocycles. The van der Waals surface area contributed by atoms with Gasteiger partial charge in [0.2, 0.25) is 5.78 Å². The lowest BCUT2D eigenvalue weighted by Crippen LogP contribution is -2.38. The molecule has 0 fully saturated rings. The molecule has 1 aliphatic heterocycles. The number of nitrogens with zero attached hydrogens (tertiary/aromatic N) is 2. The van der Waals surface area contributed by atoms with Crippen molar-refractivity contribution in [2.45, 2.75) is 12.0 Å². The van der Waals surface area contributed by atoms with Gasteiger partial charge >= 0.3 is 12.2 Å². The number of fused-ring (bicyclic) bond motifs is 4. The molecule has 0 saturated heterocycles. The molecule has 1 aromatic rings. The van der Waals surface area contributed by atoms with Crippen molar-refractivity contribution in [1.82, 2.24) is 9.80 Å². The van der Waals surface area contributed by atoms with E-state index < -0.39 is 23.6 Å². The van der Waals surface area contributed by atoms with E-state index in [2.05, 4.69) is 0 Å². The summed E-state index contributed by atoms with van der Waals surface area (Å²) in [7, 11) is 6.19. The SMILES string of the molecule is CN(C)C(=O)OC1=CC2=C3c4ccc(OC(=O)N(C)C)cc4OCC3(O)CC2=CC1=O. The standard InChI is InChI=1S/C22H22N2O7/c1-23(2)20(26)30-13-5-6-14-17(8-13)29-11-22(28)10-12-7-16(25)18(9-15(12)19(14)22)31-21(27)24(3)4/h5-9,28H,10-11H2,1-4H3. The van der Waals surface area contributed by atoms with E-state index in [-0.39, 0.29) is 18.8 Å². The minimum absolute atomic E-state index is 0.0316. The summed E-state index contributed by atoms with van der Waals surface area (Å²) in [5.74, 6) is 0.189. The summed E-state index contributed by atoms with van der Waals surface area (Å²) >= 11 is 0. The van der Waals surface area contributed by atoms with E-state index in [0.29, 0.717) is 33.8 Å². The van der Waals surface area contributed by atoms with Gasteiger partial charge in [0.25, 0.3) is 0 Å². The smallest absolute Gasteiger partial charge is 0.414 e. The average Bonchev–Trinajstić information content (AvgIpc) is 2.99. The van der Waals surface area contributed by atoms with Crippen molar-refractivity contribution in [1.29, 1.82) is 0 Å². The van der Waals surface area contributed by atoms with Gasteiger partial charge in [-0.15, -0.1) is 0 Å². The van der Waals surface area contributed by atoms with Crippen molar-refractivity contribution < 1.29 is 33.7 Å². The van der Waals surface area contributed by atoms with Gasteiger partial charge < -0.3 is 29.1 Å². The van der Waals surface area contributed by atoms with Crippen LogP contribution in [0.2, 0.25) is 0 Å². The number of ketones is 1. The third-order valence-corrected chi connectivity index (χ3v) is 5.21. The molecule has 9 nitrogen and oxygen atoms in total. The second kappa shape index (κ2) is 7.28. The van der Waals surface area contributed by atoms with E-state index in [1.807, 2.05) is 0 Å². The van der Waals surface area contributed by atoms with Crippen LogP contribution in [-0.4, -0.2) is 73.3 Å². The van der Waals surface area contributed by atoms with E-state index in [1.165, 1.54) is 36.0 Å². The molecule has 162 valence electrons. The number of hydrogen-bond donors (Lipinski definition) is 1. The third kappa shape index (κ3) is 3.57. The largest absolute Gasteiger partial charge is 0.489 e. The van der Waals surface area contributed by atoms with Crippen LogP contribution in [0, 0.1) is 0 Å². The summed E-state index contributed by atoms with van der Waals surface area (Å²) < 4.78 is 16.2. The predicted molar refractivity (Wildman–Crippen MR) is 109 cm³/mol. The Morgan fingerprint density at radius 2 is 1.74 bits per heavy atom. The minimum atomic E-state index is -1.33. The minimum Gasteiger partial charge on any atom is -0.489 e. The van der Waals surface area contributed by atoms with Crippen molar-refractivity contribution in [2.75, 3.05) is 34.8 Å². The van der Waals surface area contributed by atoms with Gasteiger partial charge in [0.15, 0.2) is 5.76 Å². The molecule has 0 saturated carbocycles. The van der Waals surface area contributed by atoms with Crippen LogP contribution < -0.4 is 9.47 Å². The molecule has 2 amide bonds. The molecule has 9 heteroatoms. The zero-order valence-corrected chi connectivity index (χ0v) is 17.6. The fourth-order valence-corrected chi connectivity index (χ4v) is 3.70. The lowest BCUT2D eigenvalue weighted by molar-refractivity contribution is -0.113. The van der Waals surface area contributed by atoms with Gasteiger partial charge in [0.05, 0.1) is 0 Å².